The molecule has 0 spiro atoms. The molecule has 0 radical (unpaired) electrons. The molecule has 0 heterocycles. The van der Waals surface area contributed by atoms with Gasteiger partial charge < -0.3 is 10.6 Å². The van der Waals surface area contributed by atoms with E-state index in [9.17, 15) is 0 Å². The summed E-state index contributed by atoms with van der Waals surface area (Å²) in [5.41, 5.74) is 10.7. The Kier molecular flexibility index (Phi) is 4.84. The van der Waals surface area contributed by atoms with Gasteiger partial charge in [-0.2, -0.15) is 0 Å². The summed E-state index contributed by atoms with van der Waals surface area (Å²) in [4.78, 5) is 2.29. The predicted molar refractivity (Wildman–Crippen MR) is 90.6 cm³/mol. The van der Waals surface area contributed by atoms with Crippen molar-refractivity contribution in [2.75, 3.05) is 11.4 Å². The number of hydrogen-bond acceptors (Lipinski definition) is 2. The average molecular weight is 333 g/mol. The topological polar surface area (TPSA) is 29.3 Å². The minimum atomic E-state index is 0.0351. The molecular formula is C17H21BrN2. The van der Waals surface area contributed by atoms with Crippen LogP contribution in [0.1, 0.15) is 31.0 Å². The van der Waals surface area contributed by atoms with E-state index in [4.69, 9.17) is 5.73 Å². The van der Waals surface area contributed by atoms with E-state index in [1.54, 1.807) is 0 Å². The maximum absolute atomic E-state index is 5.96. The van der Waals surface area contributed by atoms with Crippen LogP contribution < -0.4 is 10.6 Å². The van der Waals surface area contributed by atoms with Crippen molar-refractivity contribution in [1.29, 1.82) is 0 Å². The molecule has 0 aromatic heterocycles. The van der Waals surface area contributed by atoms with E-state index in [1.807, 2.05) is 6.92 Å². The number of aryl methyl sites for hydroxylation is 1. The minimum absolute atomic E-state index is 0.0351. The molecule has 20 heavy (non-hydrogen) atoms. The van der Waals surface area contributed by atoms with Gasteiger partial charge >= 0.3 is 0 Å². The Bertz CT molecular complexity index is 576. The maximum Gasteiger partial charge on any atom is 0.0422 e. The molecule has 0 aliphatic heterocycles. The van der Waals surface area contributed by atoms with Crippen molar-refractivity contribution in [1.82, 2.24) is 0 Å². The number of halogens is 1. The lowest BCUT2D eigenvalue weighted by Crippen LogP contribution is -2.16. The Balaban J connectivity index is 2.37. The van der Waals surface area contributed by atoms with E-state index in [2.05, 4.69) is 77.1 Å². The second-order valence-electron chi connectivity index (χ2n) is 5.07. The summed E-state index contributed by atoms with van der Waals surface area (Å²) in [5, 5.41) is 0. The lowest BCUT2D eigenvalue weighted by Gasteiger charge is -2.24. The van der Waals surface area contributed by atoms with Gasteiger partial charge in [-0.05, 0) is 50.6 Å². The molecule has 106 valence electrons. The first-order chi connectivity index (χ1) is 9.52. The minimum Gasteiger partial charge on any atom is -0.342 e. The molecule has 0 fully saturated rings. The monoisotopic (exact) mass is 332 g/mol. The molecule has 2 nitrogen and oxygen atoms in total. The predicted octanol–water partition coefficient (Wildman–Crippen LogP) is 4.94. The van der Waals surface area contributed by atoms with Gasteiger partial charge in [0.2, 0.25) is 0 Å². The Labute approximate surface area is 129 Å². The summed E-state index contributed by atoms with van der Waals surface area (Å²) in [5.74, 6) is 0. The number of nitrogens with zero attached hydrogens (tertiary/aromatic N) is 1. The zero-order chi connectivity index (χ0) is 14.7. The lowest BCUT2D eigenvalue weighted by atomic mass is 10.1. The van der Waals surface area contributed by atoms with Crippen LogP contribution in [-0.4, -0.2) is 6.54 Å². The molecule has 0 saturated carbocycles. The van der Waals surface area contributed by atoms with E-state index in [1.165, 1.54) is 16.9 Å². The highest BCUT2D eigenvalue weighted by atomic mass is 79.9. The fourth-order valence-electron chi connectivity index (χ4n) is 2.29. The standard InChI is InChI=1S/C17H21BrN2/c1-4-20(14-7-5-12(2)6-8-14)15-9-10-16(13(3)19)17(18)11-15/h5-11,13H,4,19H2,1-3H3/t13-/m0/s1. The first-order valence-electron chi connectivity index (χ1n) is 6.92. The Morgan fingerprint density at radius 1 is 1.10 bits per heavy atom. The van der Waals surface area contributed by atoms with Crippen molar-refractivity contribution >= 4 is 27.3 Å². The molecule has 2 N–H and O–H groups in total. The third-order valence-corrected chi connectivity index (χ3v) is 4.13. The number of hydrogen-bond donors (Lipinski definition) is 1. The summed E-state index contributed by atoms with van der Waals surface area (Å²) < 4.78 is 1.07. The summed E-state index contributed by atoms with van der Waals surface area (Å²) in [6.45, 7) is 7.19. The summed E-state index contributed by atoms with van der Waals surface area (Å²) in [6, 6.07) is 15.0. The van der Waals surface area contributed by atoms with Crippen molar-refractivity contribution in [2.24, 2.45) is 5.73 Å². The van der Waals surface area contributed by atoms with Crippen LogP contribution in [0, 0.1) is 6.92 Å². The van der Waals surface area contributed by atoms with Crippen LogP contribution in [0.3, 0.4) is 0 Å². The van der Waals surface area contributed by atoms with Gasteiger partial charge in [0.15, 0.2) is 0 Å². The molecule has 0 saturated heterocycles. The van der Waals surface area contributed by atoms with E-state index in [0.29, 0.717) is 0 Å². The smallest absolute Gasteiger partial charge is 0.0422 e. The largest absolute Gasteiger partial charge is 0.342 e. The van der Waals surface area contributed by atoms with Gasteiger partial charge in [0.05, 0.1) is 0 Å². The van der Waals surface area contributed by atoms with E-state index in [-0.39, 0.29) is 6.04 Å². The number of anilines is 2. The quantitative estimate of drug-likeness (QED) is 0.859. The van der Waals surface area contributed by atoms with E-state index < -0.39 is 0 Å². The van der Waals surface area contributed by atoms with Crippen LogP contribution in [-0.2, 0) is 0 Å². The zero-order valence-corrected chi connectivity index (χ0v) is 13.8. The number of benzene rings is 2. The molecular weight excluding hydrogens is 312 g/mol. The van der Waals surface area contributed by atoms with Gasteiger partial charge in [-0.1, -0.05) is 39.7 Å². The van der Waals surface area contributed by atoms with Crippen LogP contribution in [0.15, 0.2) is 46.9 Å². The van der Waals surface area contributed by atoms with E-state index >= 15 is 0 Å². The van der Waals surface area contributed by atoms with E-state index in [0.717, 1.165) is 16.6 Å². The Morgan fingerprint density at radius 2 is 1.70 bits per heavy atom. The highest BCUT2D eigenvalue weighted by molar-refractivity contribution is 9.10. The molecule has 0 bridgehead atoms. The van der Waals surface area contributed by atoms with Crippen molar-refractivity contribution in [2.45, 2.75) is 26.8 Å². The first kappa shape index (κ1) is 15.1. The van der Waals surface area contributed by atoms with Gasteiger partial charge in [-0.15, -0.1) is 0 Å². The number of nitrogens with two attached hydrogens (primary N) is 1. The third kappa shape index (κ3) is 3.22. The second-order valence-corrected chi connectivity index (χ2v) is 5.93. The van der Waals surface area contributed by atoms with Crippen molar-refractivity contribution < 1.29 is 0 Å². The highest BCUT2D eigenvalue weighted by Crippen LogP contribution is 2.31. The fraction of sp³-hybridized carbons (Fsp3) is 0.294. The fourth-order valence-corrected chi connectivity index (χ4v) is 3.02. The first-order valence-corrected chi connectivity index (χ1v) is 7.71. The third-order valence-electron chi connectivity index (χ3n) is 3.45. The molecule has 0 aliphatic rings. The van der Waals surface area contributed by atoms with Crippen LogP contribution in [0.4, 0.5) is 11.4 Å². The molecule has 0 unspecified atom stereocenters. The van der Waals surface area contributed by atoms with Crippen LogP contribution in [0.5, 0.6) is 0 Å². The van der Waals surface area contributed by atoms with Crippen LogP contribution >= 0.6 is 15.9 Å². The van der Waals surface area contributed by atoms with Gasteiger partial charge in [-0.3, -0.25) is 0 Å². The molecule has 2 aromatic carbocycles. The van der Waals surface area contributed by atoms with Gasteiger partial charge in [0.25, 0.3) is 0 Å². The molecule has 2 aromatic rings. The maximum atomic E-state index is 5.96. The highest BCUT2D eigenvalue weighted by Gasteiger charge is 2.11. The Hall–Kier alpha value is -1.32. The van der Waals surface area contributed by atoms with Crippen molar-refractivity contribution in [3.8, 4) is 0 Å². The summed E-state index contributed by atoms with van der Waals surface area (Å²) in [6.07, 6.45) is 0. The molecule has 0 amide bonds. The number of rotatable bonds is 4. The van der Waals surface area contributed by atoms with Crippen molar-refractivity contribution in [3.63, 3.8) is 0 Å². The zero-order valence-electron chi connectivity index (χ0n) is 12.2. The SMILES string of the molecule is CCN(c1ccc(C)cc1)c1ccc([C@H](C)N)c(Br)c1. The summed E-state index contributed by atoms with van der Waals surface area (Å²) in [7, 11) is 0. The van der Waals surface area contributed by atoms with Crippen molar-refractivity contribution in [3.05, 3.63) is 58.1 Å². The van der Waals surface area contributed by atoms with Gasteiger partial charge in [0.1, 0.15) is 0 Å². The Morgan fingerprint density at radius 3 is 2.20 bits per heavy atom. The molecule has 0 aliphatic carbocycles. The molecule has 3 heteroatoms. The van der Waals surface area contributed by atoms with Gasteiger partial charge in [0, 0.05) is 28.4 Å². The molecule has 2 rings (SSSR count). The van der Waals surface area contributed by atoms with Crippen LogP contribution in [0.2, 0.25) is 0 Å². The normalized spacial score (nSPS) is 12.2. The lowest BCUT2D eigenvalue weighted by molar-refractivity contribution is 0.813. The van der Waals surface area contributed by atoms with Crippen LogP contribution in [0.25, 0.3) is 0 Å². The second kappa shape index (κ2) is 6.42. The molecule has 1 atom stereocenters. The van der Waals surface area contributed by atoms with Gasteiger partial charge in [-0.25, -0.2) is 0 Å². The summed E-state index contributed by atoms with van der Waals surface area (Å²) >= 11 is 3.62. The average Bonchev–Trinajstić information content (AvgIpc) is 2.41.